The average molecular weight is 369 g/mol. The number of carbonyl (C=O) groups is 1. The number of piperidine rings is 1. The summed E-state index contributed by atoms with van der Waals surface area (Å²) >= 11 is 6.30. The summed E-state index contributed by atoms with van der Waals surface area (Å²) in [6.07, 6.45) is 6.83. The van der Waals surface area contributed by atoms with Crippen LogP contribution in [0.2, 0.25) is 5.02 Å². The van der Waals surface area contributed by atoms with E-state index in [0.717, 1.165) is 32.1 Å². The van der Waals surface area contributed by atoms with Gasteiger partial charge in [0.1, 0.15) is 11.1 Å². The van der Waals surface area contributed by atoms with E-state index in [-0.39, 0.29) is 24.7 Å². The molecule has 1 aromatic heterocycles. The first kappa shape index (κ1) is 18.4. The van der Waals surface area contributed by atoms with Gasteiger partial charge in [-0.1, -0.05) is 11.6 Å². The van der Waals surface area contributed by atoms with Crippen molar-refractivity contribution in [3.05, 3.63) is 22.8 Å². The lowest BCUT2D eigenvalue weighted by Gasteiger charge is -2.35. The number of aromatic nitrogens is 1. The van der Waals surface area contributed by atoms with Crippen LogP contribution in [0.25, 0.3) is 0 Å². The Balaban J connectivity index is 1.69. The molecule has 1 N–H and O–H groups in total. The van der Waals surface area contributed by atoms with Crippen molar-refractivity contribution >= 4 is 17.5 Å². The maximum absolute atomic E-state index is 12.8. The molecule has 0 aliphatic carbocycles. The second kappa shape index (κ2) is 8.83. The predicted octanol–water partition coefficient (Wildman–Crippen LogP) is 2.67. The third-order valence-electron chi connectivity index (χ3n) is 4.85. The van der Waals surface area contributed by atoms with Crippen LogP contribution in [0.15, 0.2) is 12.3 Å². The number of amides is 1. The maximum atomic E-state index is 12.8. The Morgan fingerprint density at radius 1 is 1.36 bits per heavy atom. The first-order chi connectivity index (χ1) is 12.2. The zero-order valence-electron chi connectivity index (χ0n) is 14.3. The van der Waals surface area contributed by atoms with E-state index in [1.165, 1.54) is 6.20 Å². The summed E-state index contributed by atoms with van der Waals surface area (Å²) in [5.41, 5.74) is 0.467. The third kappa shape index (κ3) is 4.63. The molecule has 0 aromatic carbocycles. The number of hydrogen-bond donors (Lipinski definition) is 1. The molecule has 0 radical (unpaired) electrons. The summed E-state index contributed by atoms with van der Waals surface area (Å²) in [7, 11) is 0. The van der Waals surface area contributed by atoms with Gasteiger partial charge in [0.15, 0.2) is 0 Å². The Bertz CT molecular complexity index is 590. The summed E-state index contributed by atoms with van der Waals surface area (Å²) in [5.74, 6) is 0.292. The molecule has 7 heteroatoms. The minimum atomic E-state index is -0.0785. The average Bonchev–Trinajstić information content (AvgIpc) is 2.64. The van der Waals surface area contributed by atoms with Gasteiger partial charge in [-0.15, -0.1) is 0 Å². The molecule has 2 aliphatic rings. The highest BCUT2D eigenvalue weighted by molar-refractivity contribution is 6.32. The number of carbonyl (C=O) groups excluding carboxylic acids is 1. The Morgan fingerprint density at radius 3 is 2.88 bits per heavy atom. The van der Waals surface area contributed by atoms with Crippen LogP contribution in [0.5, 0.6) is 5.88 Å². The number of halogens is 1. The van der Waals surface area contributed by atoms with Gasteiger partial charge < -0.3 is 19.5 Å². The van der Waals surface area contributed by atoms with Gasteiger partial charge in [-0.2, -0.15) is 0 Å². The predicted molar refractivity (Wildman–Crippen MR) is 94.1 cm³/mol. The fourth-order valence-electron chi connectivity index (χ4n) is 3.46. The fraction of sp³-hybridized carbons (Fsp3) is 0.667. The number of pyridine rings is 1. The highest BCUT2D eigenvalue weighted by atomic mass is 35.5. The van der Waals surface area contributed by atoms with Crippen LogP contribution < -0.4 is 4.74 Å². The molecule has 1 aromatic rings. The lowest BCUT2D eigenvalue weighted by atomic mass is 9.98. The van der Waals surface area contributed by atoms with Gasteiger partial charge in [0, 0.05) is 38.2 Å². The number of aliphatic hydroxyl groups excluding tert-OH is 1. The van der Waals surface area contributed by atoms with Crippen molar-refractivity contribution in [3.8, 4) is 5.88 Å². The quantitative estimate of drug-likeness (QED) is 0.865. The van der Waals surface area contributed by atoms with E-state index >= 15 is 0 Å². The molecule has 25 heavy (non-hydrogen) atoms. The smallest absolute Gasteiger partial charge is 0.255 e. The lowest BCUT2D eigenvalue weighted by Crippen LogP contribution is -2.44. The fourth-order valence-corrected chi connectivity index (χ4v) is 3.67. The van der Waals surface area contributed by atoms with Crippen molar-refractivity contribution in [3.63, 3.8) is 0 Å². The van der Waals surface area contributed by atoms with Gasteiger partial charge in [0.25, 0.3) is 5.91 Å². The highest BCUT2D eigenvalue weighted by Gasteiger charge is 2.28. The van der Waals surface area contributed by atoms with Crippen molar-refractivity contribution in [2.24, 2.45) is 0 Å². The normalized spacial score (nSPS) is 22.0. The van der Waals surface area contributed by atoms with E-state index in [1.54, 1.807) is 6.07 Å². The molecule has 0 saturated carbocycles. The highest BCUT2D eigenvalue weighted by Crippen LogP contribution is 2.27. The Labute approximate surface area is 153 Å². The molecule has 6 nitrogen and oxygen atoms in total. The molecule has 3 heterocycles. The van der Waals surface area contributed by atoms with E-state index in [0.29, 0.717) is 42.6 Å². The Kier molecular flexibility index (Phi) is 6.51. The Morgan fingerprint density at radius 2 is 2.16 bits per heavy atom. The van der Waals surface area contributed by atoms with Gasteiger partial charge in [-0.3, -0.25) is 4.79 Å². The number of likely N-dealkylation sites (tertiary alicyclic amines) is 1. The standard InChI is InChI=1S/C18H25ClN2O4/c19-16-11-13(12-20-17(16)25-15-5-9-24-10-6-15)18(23)21-7-2-1-3-14(21)4-8-22/h11-12,14-15,22H,1-10H2. The van der Waals surface area contributed by atoms with Gasteiger partial charge >= 0.3 is 0 Å². The SMILES string of the molecule is O=C(c1cnc(OC2CCOCC2)c(Cl)c1)N1CCCCC1CCO. The molecule has 3 rings (SSSR count). The van der Waals surface area contributed by atoms with E-state index < -0.39 is 0 Å². The summed E-state index contributed by atoms with van der Waals surface area (Å²) < 4.78 is 11.2. The zero-order chi connectivity index (χ0) is 17.6. The van der Waals surface area contributed by atoms with Crippen LogP contribution in [0.4, 0.5) is 0 Å². The van der Waals surface area contributed by atoms with Crippen molar-refractivity contribution in [2.75, 3.05) is 26.4 Å². The molecule has 2 saturated heterocycles. The summed E-state index contributed by atoms with van der Waals surface area (Å²) in [5, 5.41) is 9.58. The minimum absolute atomic E-state index is 0.0522. The van der Waals surface area contributed by atoms with Gasteiger partial charge in [-0.05, 0) is 31.7 Å². The van der Waals surface area contributed by atoms with E-state index in [2.05, 4.69) is 4.98 Å². The van der Waals surface area contributed by atoms with Crippen molar-refractivity contribution < 1.29 is 19.4 Å². The molecule has 2 fully saturated rings. The van der Waals surface area contributed by atoms with E-state index in [4.69, 9.17) is 21.1 Å². The molecule has 0 bridgehead atoms. The van der Waals surface area contributed by atoms with E-state index in [1.807, 2.05) is 4.90 Å². The van der Waals surface area contributed by atoms with E-state index in [9.17, 15) is 9.90 Å². The molecule has 1 unspecified atom stereocenters. The number of nitrogens with zero attached hydrogens (tertiary/aromatic N) is 2. The van der Waals surface area contributed by atoms with Gasteiger partial charge in [0.2, 0.25) is 5.88 Å². The number of rotatable bonds is 5. The number of hydrogen-bond acceptors (Lipinski definition) is 5. The van der Waals surface area contributed by atoms with Crippen LogP contribution in [-0.4, -0.2) is 59.4 Å². The maximum Gasteiger partial charge on any atom is 0.255 e. The first-order valence-corrected chi connectivity index (χ1v) is 9.38. The topological polar surface area (TPSA) is 71.9 Å². The molecule has 1 amide bonds. The second-order valence-electron chi connectivity index (χ2n) is 6.60. The molecule has 138 valence electrons. The van der Waals surface area contributed by atoms with Gasteiger partial charge in [-0.25, -0.2) is 4.98 Å². The Hall–Kier alpha value is -1.37. The van der Waals surface area contributed by atoms with Crippen LogP contribution in [0.3, 0.4) is 0 Å². The van der Waals surface area contributed by atoms with Crippen molar-refractivity contribution in [2.45, 2.75) is 50.7 Å². The minimum Gasteiger partial charge on any atom is -0.473 e. The summed E-state index contributed by atoms with van der Waals surface area (Å²) in [4.78, 5) is 18.9. The molecule has 0 spiro atoms. The van der Waals surface area contributed by atoms with Crippen LogP contribution in [0.1, 0.15) is 48.9 Å². The lowest BCUT2D eigenvalue weighted by molar-refractivity contribution is 0.0237. The summed E-state index contributed by atoms with van der Waals surface area (Å²) in [6.45, 7) is 2.16. The molecular formula is C18H25ClN2O4. The van der Waals surface area contributed by atoms with Crippen LogP contribution >= 0.6 is 11.6 Å². The molecule has 2 aliphatic heterocycles. The number of aliphatic hydroxyl groups is 1. The zero-order valence-corrected chi connectivity index (χ0v) is 15.1. The van der Waals surface area contributed by atoms with Crippen molar-refractivity contribution in [1.82, 2.24) is 9.88 Å². The summed E-state index contributed by atoms with van der Waals surface area (Å²) in [6, 6.07) is 1.72. The van der Waals surface area contributed by atoms with Crippen molar-refractivity contribution in [1.29, 1.82) is 0 Å². The van der Waals surface area contributed by atoms with Crippen LogP contribution in [0, 0.1) is 0 Å². The molecule has 1 atom stereocenters. The monoisotopic (exact) mass is 368 g/mol. The number of ether oxygens (including phenoxy) is 2. The molecular weight excluding hydrogens is 344 g/mol. The first-order valence-electron chi connectivity index (χ1n) is 9.01. The second-order valence-corrected chi connectivity index (χ2v) is 7.01. The third-order valence-corrected chi connectivity index (χ3v) is 5.12. The van der Waals surface area contributed by atoms with Gasteiger partial charge in [0.05, 0.1) is 18.8 Å². The largest absolute Gasteiger partial charge is 0.473 e. The van der Waals surface area contributed by atoms with Crippen LogP contribution in [-0.2, 0) is 4.74 Å².